The van der Waals surface area contributed by atoms with Crippen LogP contribution in [0, 0.1) is 0 Å². The normalized spacial score (nSPS) is 14.2. The van der Waals surface area contributed by atoms with E-state index in [2.05, 4.69) is 33.3 Å². The Bertz CT molecular complexity index is 2120. The van der Waals surface area contributed by atoms with E-state index in [9.17, 15) is 9.59 Å². The number of para-hydroxylation sites is 2. The molecule has 6 nitrogen and oxygen atoms in total. The molecule has 0 unspecified atom stereocenters. The second kappa shape index (κ2) is 8.89. The summed E-state index contributed by atoms with van der Waals surface area (Å²) in [5.41, 5.74) is 4.64. The van der Waals surface area contributed by atoms with Gasteiger partial charge in [0.1, 0.15) is 0 Å². The minimum Gasteiger partial charge on any atom is -0.361 e. The number of nitrogens with zero attached hydrogens (tertiary/aromatic N) is 2. The maximum absolute atomic E-state index is 14.2. The highest BCUT2D eigenvalue weighted by molar-refractivity contribution is 6.50. The number of hydrazone groups is 1. The van der Waals surface area contributed by atoms with Gasteiger partial charge in [0.05, 0.1) is 17.4 Å². The fourth-order valence-electron chi connectivity index (χ4n) is 5.98. The van der Waals surface area contributed by atoms with Crippen molar-refractivity contribution in [2.45, 2.75) is 0 Å². The summed E-state index contributed by atoms with van der Waals surface area (Å²) in [6.45, 7) is 0. The van der Waals surface area contributed by atoms with E-state index in [1.54, 1.807) is 18.6 Å². The first-order valence-corrected chi connectivity index (χ1v) is 13.4. The molecule has 2 amide bonds. The molecule has 2 N–H and O–H groups in total. The number of rotatable bonds is 4. The van der Waals surface area contributed by atoms with Gasteiger partial charge in [-0.1, -0.05) is 84.9 Å². The van der Waals surface area contributed by atoms with Crippen LogP contribution in [0.3, 0.4) is 0 Å². The number of aromatic nitrogens is 2. The maximum Gasteiger partial charge on any atom is 0.283 e. The van der Waals surface area contributed by atoms with Gasteiger partial charge in [0.25, 0.3) is 11.8 Å². The van der Waals surface area contributed by atoms with Crippen molar-refractivity contribution in [2.75, 3.05) is 0 Å². The van der Waals surface area contributed by atoms with Gasteiger partial charge in [-0.05, 0) is 39.7 Å². The Balaban J connectivity index is 1.32. The molecule has 5 aromatic carbocycles. The molecule has 1 aliphatic heterocycles. The molecule has 194 valence electrons. The van der Waals surface area contributed by atoms with Gasteiger partial charge in [0, 0.05) is 50.9 Å². The van der Waals surface area contributed by atoms with Crippen molar-refractivity contribution >= 4 is 72.5 Å². The lowest BCUT2D eigenvalue weighted by Gasteiger charge is -2.11. The van der Waals surface area contributed by atoms with E-state index in [1.807, 2.05) is 84.9 Å². The second-order valence-electron chi connectivity index (χ2n) is 10.1. The van der Waals surface area contributed by atoms with Crippen molar-refractivity contribution < 1.29 is 9.59 Å². The third kappa shape index (κ3) is 3.47. The van der Waals surface area contributed by atoms with Crippen LogP contribution in [0.25, 0.3) is 54.5 Å². The number of hydrogen-bond acceptors (Lipinski definition) is 3. The van der Waals surface area contributed by atoms with Crippen molar-refractivity contribution in [3.05, 3.63) is 132 Å². The van der Waals surface area contributed by atoms with Gasteiger partial charge in [-0.15, -0.1) is 0 Å². The molecule has 1 aliphatic rings. The van der Waals surface area contributed by atoms with Crippen LogP contribution in [0.15, 0.2) is 121 Å². The summed E-state index contributed by atoms with van der Waals surface area (Å²) >= 11 is 0. The summed E-state index contributed by atoms with van der Waals surface area (Å²) < 4.78 is 0. The van der Waals surface area contributed by atoms with Gasteiger partial charge in [0.2, 0.25) is 0 Å². The number of carbonyl (C=O) groups excluding carboxylic acids is 2. The summed E-state index contributed by atoms with van der Waals surface area (Å²) in [5.74, 6) is -0.915. The minimum absolute atomic E-state index is 0.331. The van der Waals surface area contributed by atoms with Crippen LogP contribution in [-0.2, 0) is 9.59 Å². The first kappa shape index (κ1) is 23.2. The Morgan fingerprint density at radius 3 is 1.51 bits per heavy atom. The topological polar surface area (TPSA) is 81.3 Å². The first-order valence-electron chi connectivity index (χ1n) is 13.4. The number of imide groups is 1. The second-order valence-corrected chi connectivity index (χ2v) is 10.1. The molecular weight excluding hydrogens is 508 g/mol. The third-order valence-electron chi connectivity index (χ3n) is 7.89. The Kier molecular flexibility index (Phi) is 5.02. The van der Waals surface area contributed by atoms with Crippen LogP contribution < -0.4 is 0 Å². The van der Waals surface area contributed by atoms with Crippen molar-refractivity contribution in [3.63, 3.8) is 0 Å². The molecule has 2 aromatic heterocycles. The number of H-pyrrole nitrogens is 2. The Labute approximate surface area is 234 Å². The minimum atomic E-state index is -0.458. The highest BCUT2D eigenvalue weighted by Gasteiger charge is 2.41. The van der Waals surface area contributed by atoms with Crippen LogP contribution in [0.1, 0.15) is 16.7 Å². The predicted molar refractivity (Wildman–Crippen MR) is 164 cm³/mol. The number of nitrogens with one attached hydrogen (secondary N) is 2. The first-order chi connectivity index (χ1) is 20.2. The highest BCUT2D eigenvalue weighted by atomic mass is 16.2. The van der Waals surface area contributed by atoms with Crippen LogP contribution in [-0.4, -0.2) is 33.0 Å². The van der Waals surface area contributed by atoms with E-state index in [0.29, 0.717) is 22.3 Å². The van der Waals surface area contributed by atoms with E-state index in [0.717, 1.165) is 53.9 Å². The maximum atomic E-state index is 14.2. The molecule has 6 heteroatoms. The number of aromatic amines is 2. The van der Waals surface area contributed by atoms with E-state index in [4.69, 9.17) is 0 Å². The predicted octanol–water partition coefficient (Wildman–Crippen LogP) is 7.27. The lowest BCUT2D eigenvalue weighted by molar-refractivity contribution is -0.135. The monoisotopic (exact) mass is 530 g/mol. The van der Waals surface area contributed by atoms with E-state index in [-0.39, 0.29) is 0 Å². The molecule has 0 fully saturated rings. The van der Waals surface area contributed by atoms with E-state index in [1.165, 1.54) is 0 Å². The largest absolute Gasteiger partial charge is 0.361 e. The SMILES string of the molecule is O=C1C(c2c[nH]c3ccccc23)=C(c2c[nH]c3ccccc23)C(=O)N1/N=C/c1c2ccccc2cc2ccccc12. The summed E-state index contributed by atoms with van der Waals surface area (Å²) in [4.78, 5) is 34.8. The van der Waals surface area contributed by atoms with Gasteiger partial charge >= 0.3 is 0 Å². The molecule has 0 radical (unpaired) electrons. The van der Waals surface area contributed by atoms with Crippen molar-refractivity contribution in [3.8, 4) is 0 Å². The fraction of sp³-hybridized carbons (Fsp3) is 0. The lowest BCUT2D eigenvalue weighted by Crippen LogP contribution is -2.26. The number of hydrogen-bond donors (Lipinski definition) is 2. The molecule has 0 saturated heterocycles. The zero-order chi connectivity index (χ0) is 27.5. The van der Waals surface area contributed by atoms with Crippen molar-refractivity contribution in [1.82, 2.24) is 15.0 Å². The number of amides is 2. The summed E-state index contributed by atoms with van der Waals surface area (Å²) in [7, 11) is 0. The van der Waals surface area contributed by atoms with E-state index >= 15 is 0 Å². The summed E-state index contributed by atoms with van der Waals surface area (Å²) in [6.07, 6.45) is 5.24. The molecule has 0 spiro atoms. The molecule has 0 aliphatic carbocycles. The van der Waals surface area contributed by atoms with Gasteiger partial charge in [0.15, 0.2) is 0 Å². The number of carbonyl (C=O) groups is 2. The van der Waals surface area contributed by atoms with Gasteiger partial charge in [-0.3, -0.25) is 9.59 Å². The van der Waals surface area contributed by atoms with Crippen LogP contribution in [0.5, 0.6) is 0 Å². The van der Waals surface area contributed by atoms with Crippen molar-refractivity contribution in [2.24, 2.45) is 5.10 Å². The smallest absolute Gasteiger partial charge is 0.283 e. The van der Waals surface area contributed by atoms with E-state index < -0.39 is 11.8 Å². The molecule has 0 atom stereocenters. The summed E-state index contributed by atoms with van der Waals surface area (Å²) in [5, 5.41) is 11.4. The number of benzene rings is 5. The van der Waals surface area contributed by atoms with Crippen molar-refractivity contribution in [1.29, 1.82) is 0 Å². The van der Waals surface area contributed by atoms with Crippen LogP contribution >= 0.6 is 0 Å². The molecule has 8 rings (SSSR count). The van der Waals surface area contributed by atoms with Gasteiger partial charge in [-0.2, -0.15) is 10.1 Å². The quantitative estimate of drug-likeness (QED) is 0.143. The average Bonchev–Trinajstić information content (AvgIpc) is 3.69. The molecule has 41 heavy (non-hydrogen) atoms. The average molecular weight is 531 g/mol. The lowest BCUT2D eigenvalue weighted by atomic mass is 9.95. The molecule has 7 aromatic rings. The third-order valence-corrected chi connectivity index (χ3v) is 7.89. The fourth-order valence-corrected chi connectivity index (χ4v) is 5.98. The van der Waals surface area contributed by atoms with Crippen LogP contribution in [0.4, 0.5) is 0 Å². The summed E-state index contributed by atoms with van der Waals surface area (Å²) in [6, 6.07) is 33.8. The highest BCUT2D eigenvalue weighted by Crippen LogP contribution is 2.41. The zero-order valence-corrected chi connectivity index (χ0v) is 21.8. The Hall–Kier alpha value is -5.75. The zero-order valence-electron chi connectivity index (χ0n) is 21.8. The van der Waals surface area contributed by atoms with Gasteiger partial charge in [-0.25, -0.2) is 0 Å². The van der Waals surface area contributed by atoms with Crippen LogP contribution in [0.2, 0.25) is 0 Å². The molecule has 0 saturated carbocycles. The Morgan fingerprint density at radius 2 is 1.00 bits per heavy atom. The Morgan fingerprint density at radius 1 is 0.561 bits per heavy atom. The standard InChI is InChI=1S/C35H22N4O2/c40-34-32(28-18-36-30-15-7-5-13-25(28)30)33(29-19-37-31-16-8-6-14-26(29)31)35(41)39(34)38-20-27-23-11-3-1-9-21(23)17-22-10-2-4-12-24(22)27/h1-20,36-37H/b38-20+. The van der Waals surface area contributed by atoms with Gasteiger partial charge < -0.3 is 9.97 Å². The molecule has 3 heterocycles. The number of fused-ring (bicyclic) bond motifs is 4. The molecule has 0 bridgehead atoms. The molecular formula is C35H22N4O2.